The molecule has 0 saturated heterocycles. The Kier molecular flexibility index (Phi) is 4.40. The average Bonchev–Trinajstić information content (AvgIpc) is 1.97. The van der Waals surface area contributed by atoms with Crippen LogP contribution in [0.2, 0.25) is 0 Å². The van der Waals surface area contributed by atoms with Gasteiger partial charge in [0.2, 0.25) is 5.91 Å². The van der Waals surface area contributed by atoms with Gasteiger partial charge in [-0.2, -0.15) is 0 Å². The molecule has 0 bridgehead atoms. The third kappa shape index (κ3) is 3.89. The monoisotopic (exact) mass is 189 g/mol. The van der Waals surface area contributed by atoms with Crippen molar-refractivity contribution in [3.63, 3.8) is 0 Å². The normalized spacial score (nSPS) is 15.2. The number of carboxylic acid groups (broad SMARTS) is 1. The highest BCUT2D eigenvalue weighted by Gasteiger charge is 2.24. The fourth-order valence-electron chi connectivity index (χ4n) is 0.787. The Morgan fingerprint density at radius 1 is 1.23 bits per heavy atom. The maximum absolute atomic E-state index is 10.9. The molecule has 0 unspecified atom stereocenters. The first-order chi connectivity index (χ1) is 5.86. The van der Waals surface area contributed by atoms with Crippen LogP contribution in [0.15, 0.2) is 0 Å². The highest BCUT2D eigenvalue weighted by molar-refractivity contribution is 5.85. The molecular formula is C8H15NO4. The second-order valence-electron chi connectivity index (χ2n) is 3.24. The van der Waals surface area contributed by atoms with E-state index < -0.39 is 24.0 Å². The number of carbonyl (C=O) groups excluding carboxylic acids is 1. The van der Waals surface area contributed by atoms with E-state index in [0.717, 1.165) is 0 Å². The van der Waals surface area contributed by atoms with Gasteiger partial charge in [-0.1, -0.05) is 13.8 Å². The summed E-state index contributed by atoms with van der Waals surface area (Å²) < 4.78 is 0. The van der Waals surface area contributed by atoms with Gasteiger partial charge in [0.05, 0.1) is 0 Å². The molecule has 0 fully saturated rings. The minimum Gasteiger partial charge on any atom is -0.480 e. The predicted octanol–water partition coefficient (Wildman–Crippen LogP) is -0.407. The number of carboxylic acids is 1. The summed E-state index contributed by atoms with van der Waals surface area (Å²) in [6.07, 6.45) is -1.18. The number of hydrogen-bond acceptors (Lipinski definition) is 3. The van der Waals surface area contributed by atoms with Crippen molar-refractivity contribution in [2.45, 2.75) is 32.9 Å². The quantitative estimate of drug-likeness (QED) is 0.561. The molecule has 0 aromatic heterocycles. The molecule has 76 valence electrons. The SMILES string of the molecule is CC(C)[C@H](NC(=O)[C@H](C)O)C(=O)O. The number of aliphatic hydroxyl groups excluding tert-OH is 1. The van der Waals surface area contributed by atoms with Crippen LogP contribution >= 0.6 is 0 Å². The Labute approximate surface area is 76.8 Å². The van der Waals surface area contributed by atoms with Gasteiger partial charge < -0.3 is 15.5 Å². The summed E-state index contributed by atoms with van der Waals surface area (Å²) >= 11 is 0. The molecule has 3 N–H and O–H groups in total. The lowest BCUT2D eigenvalue weighted by molar-refractivity contribution is -0.144. The summed E-state index contributed by atoms with van der Waals surface area (Å²) in [5.74, 6) is -1.97. The van der Waals surface area contributed by atoms with Crippen molar-refractivity contribution in [1.29, 1.82) is 0 Å². The van der Waals surface area contributed by atoms with E-state index in [2.05, 4.69) is 5.32 Å². The molecule has 2 atom stereocenters. The van der Waals surface area contributed by atoms with E-state index in [4.69, 9.17) is 10.2 Å². The van der Waals surface area contributed by atoms with Crippen molar-refractivity contribution in [3.05, 3.63) is 0 Å². The highest BCUT2D eigenvalue weighted by Crippen LogP contribution is 2.01. The first-order valence-electron chi connectivity index (χ1n) is 4.07. The summed E-state index contributed by atoms with van der Waals surface area (Å²) in [7, 11) is 0. The zero-order chi connectivity index (χ0) is 10.6. The fraction of sp³-hybridized carbons (Fsp3) is 0.750. The van der Waals surface area contributed by atoms with Crippen molar-refractivity contribution in [1.82, 2.24) is 5.32 Å². The molecule has 0 aliphatic carbocycles. The van der Waals surface area contributed by atoms with E-state index >= 15 is 0 Å². The minimum absolute atomic E-state index is 0.208. The van der Waals surface area contributed by atoms with Gasteiger partial charge >= 0.3 is 5.97 Å². The predicted molar refractivity (Wildman–Crippen MR) is 46.1 cm³/mol. The van der Waals surface area contributed by atoms with Crippen molar-refractivity contribution >= 4 is 11.9 Å². The van der Waals surface area contributed by atoms with E-state index in [9.17, 15) is 9.59 Å². The Morgan fingerprint density at radius 3 is 1.92 bits per heavy atom. The van der Waals surface area contributed by atoms with Gasteiger partial charge in [0.1, 0.15) is 12.1 Å². The molecule has 0 aliphatic rings. The Bertz CT molecular complexity index is 200. The zero-order valence-corrected chi connectivity index (χ0v) is 7.94. The molecule has 0 radical (unpaired) electrons. The number of amides is 1. The molecule has 0 aromatic rings. The van der Waals surface area contributed by atoms with Crippen molar-refractivity contribution < 1.29 is 19.8 Å². The second kappa shape index (κ2) is 4.81. The van der Waals surface area contributed by atoms with Gasteiger partial charge in [-0.15, -0.1) is 0 Å². The van der Waals surface area contributed by atoms with Gasteiger partial charge in [0.25, 0.3) is 0 Å². The molecule has 0 aromatic carbocycles. The molecule has 13 heavy (non-hydrogen) atoms. The Balaban J connectivity index is 4.27. The fourth-order valence-corrected chi connectivity index (χ4v) is 0.787. The van der Waals surface area contributed by atoms with Crippen molar-refractivity contribution in [3.8, 4) is 0 Å². The third-order valence-corrected chi connectivity index (χ3v) is 1.61. The second-order valence-corrected chi connectivity index (χ2v) is 3.24. The lowest BCUT2D eigenvalue weighted by Gasteiger charge is -2.18. The molecular weight excluding hydrogens is 174 g/mol. The van der Waals surface area contributed by atoms with Crippen LogP contribution < -0.4 is 5.32 Å². The van der Waals surface area contributed by atoms with Crippen LogP contribution in [-0.4, -0.2) is 34.2 Å². The average molecular weight is 189 g/mol. The van der Waals surface area contributed by atoms with Crippen LogP contribution in [0.25, 0.3) is 0 Å². The lowest BCUT2D eigenvalue weighted by atomic mass is 10.0. The number of aliphatic hydroxyl groups is 1. The molecule has 5 nitrogen and oxygen atoms in total. The topological polar surface area (TPSA) is 86.6 Å². The molecule has 0 spiro atoms. The van der Waals surface area contributed by atoms with Crippen LogP contribution in [0.3, 0.4) is 0 Å². The Morgan fingerprint density at radius 2 is 1.69 bits per heavy atom. The maximum atomic E-state index is 10.9. The van der Waals surface area contributed by atoms with Crippen LogP contribution in [0.4, 0.5) is 0 Å². The van der Waals surface area contributed by atoms with E-state index in [1.54, 1.807) is 13.8 Å². The van der Waals surface area contributed by atoms with Crippen LogP contribution in [-0.2, 0) is 9.59 Å². The van der Waals surface area contributed by atoms with Gasteiger partial charge in [-0.3, -0.25) is 4.79 Å². The van der Waals surface area contributed by atoms with E-state index in [1.165, 1.54) is 6.92 Å². The van der Waals surface area contributed by atoms with Crippen molar-refractivity contribution in [2.24, 2.45) is 5.92 Å². The van der Waals surface area contributed by atoms with Crippen LogP contribution in [0, 0.1) is 5.92 Å². The van der Waals surface area contributed by atoms with E-state index in [1.807, 2.05) is 0 Å². The van der Waals surface area contributed by atoms with Crippen LogP contribution in [0.1, 0.15) is 20.8 Å². The molecule has 0 heterocycles. The number of rotatable bonds is 4. The summed E-state index contributed by atoms with van der Waals surface area (Å²) in [5.41, 5.74) is 0. The first-order valence-corrected chi connectivity index (χ1v) is 4.07. The maximum Gasteiger partial charge on any atom is 0.326 e. The standard InChI is InChI=1S/C8H15NO4/c1-4(2)6(8(12)13)9-7(11)5(3)10/h4-6,10H,1-3H3,(H,9,11)(H,12,13)/t5-,6-/m0/s1. The van der Waals surface area contributed by atoms with Gasteiger partial charge in [-0.25, -0.2) is 4.79 Å². The van der Waals surface area contributed by atoms with Crippen LogP contribution in [0.5, 0.6) is 0 Å². The van der Waals surface area contributed by atoms with Gasteiger partial charge in [-0.05, 0) is 12.8 Å². The third-order valence-electron chi connectivity index (χ3n) is 1.61. The molecule has 1 amide bonds. The summed E-state index contributed by atoms with van der Waals surface area (Å²) in [6, 6.07) is -0.943. The number of nitrogens with one attached hydrogen (secondary N) is 1. The molecule has 0 aliphatic heterocycles. The molecule has 0 saturated carbocycles. The van der Waals surface area contributed by atoms with Gasteiger partial charge in [0.15, 0.2) is 0 Å². The summed E-state index contributed by atoms with van der Waals surface area (Å²) in [4.78, 5) is 21.5. The lowest BCUT2D eigenvalue weighted by Crippen LogP contribution is -2.47. The number of hydrogen-bond donors (Lipinski definition) is 3. The Hall–Kier alpha value is -1.10. The largest absolute Gasteiger partial charge is 0.480 e. The zero-order valence-electron chi connectivity index (χ0n) is 7.94. The highest BCUT2D eigenvalue weighted by atomic mass is 16.4. The molecule has 5 heteroatoms. The first kappa shape index (κ1) is 11.9. The van der Waals surface area contributed by atoms with Crippen molar-refractivity contribution in [2.75, 3.05) is 0 Å². The summed E-state index contributed by atoms with van der Waals surface area (Å²) in [6.45, 7) is 4.65. The minimum atomic E-state index is -1.18. The summed E-state index contributed by atoms with van der Waals surface area (Å²) in [5, 5.41) is 19.7. The smallest absolute Gasteiger partial charge is 0.326 e. The van der Waals surface area contributed by atoms with E-state index in [0.29, 0.717) is 0 Å². The molecule has 0 rings (SSSR count). The number of aliphatic carboxylic acids is 1. The van der Waals surface area contributed by atoms with Gasteiger partial charge in [0, 0.05) is 0 Å². The number of carbonyl (C=O) groups is 2. The van der Waals surface area contributed by atoms with E-state index in [-0.39, 0.29) is 5.92 Å².